The zero-order valence-corrected chi connectivity index (χ0v) is 21.1. The van der Waals surface area contributed by atoms with Gasteiger partial charge >= 0.3 is 18.2 Å². The Morgan fingerprint density at radius 3 is 1.52 bits per heavy atom. The van der Waals surface area contributed by atoms with Crippen molar-refractivity contribution in [2.75, 3.05) is 6.26 Å². The molecule has 0 saturated heterocycles. The molecule has 0 aliphatic heterocycles. The first-order chi connectivity index (χ1) is 13.6. The molecule has 0 rings (SSSR count). The van der Waals surface area contributed by atoms with Crippen molar-refractivity contribution in [1.82, 2.24) is 4.90 Å². The van der Waals surface area contributed by atoms with Crippen molar-refractivity contribution in [3.8, 4) is 0 Å². The number of nitrogens with zero attached hydrogens (tertiary/aromatic N) is 1. The maximum atomic E-state index is 12.9. The highest BCUT2D eigenvalue weighted by atomic mass is 32.2. The number of sulfone groups is 1. The predicted molar refractivity (Wildman–Crippen MR) is 117 cm³/mol. The number of amides is 2. The second-order valence-corrected chi connectivity index (χ2v) is 12.1. The highest BCUT2D eigenvalue weighted by molar-refractivity contribution is 7.93. The van der Waals surface area contributed by atoms with Crippen molar-refractivity contribution in [2.24, 2.45) is 0 Å². The Morgan fingerprint density at radius 1 is 0.806 bits per heavy atom. The number of carbonyl (C=O) groups is 3. The Labute approximate surface area is 186 Å². The van der Waals surface area contributed by atoms with Crippen LogP contribution in [0.1, 0.15) is 75.2 Å². The van der Waals surface area contributed by atoms with E-state index in [1.165, 1.54) is 6.08 Å². The first-order valence-electron chi connectivity index (χ1n) is 9.96. The van der Waals surface area contributed by atoms with Crippen molar-refractivity contribution >= 4 is 28.0 Å². The number of ether oxygens (including phenoxy) is 3. The molecule has 0 N–H and O–H groups in total. The lowest BCUT2D eigenvalue weighted by Gasteiger charge is -2.33. The van der Waals surface area contributed by atoms with E-state index in [4.69, 9.17) is 14.2 Å². The molecule has 9 nitrogen and oxygen atoms in total. The molecule has 0 aliphatic carbocycles. The molecule has 180 valence electrons. The SMILES string of the molecule is CC(C)(C)OC(=O)[C@H](CCC=CS(C)(=O)=O)N(C(=O)OC(C)(C)C)C(=O)OC(C)(C)C. The Morgan fingerprint density at radius 2 is 1.19 bits per heavy atom. The number of carbonyl (C=O) groups excluding carboxylic acids is 3. The molecule has 10 heteroatoms. The molecule has 0 aromatic carbocycles. The summed E-state index contributed by atoms with van der Waals surface area (Å²) in [6, 6.07) is -1.38. The largest absolute Gasteiger partial charge is 0.458 e. The molecule has 0 radical (unpaired) electrons. The molecule has 0 fully saturated rings. The monoisotopic (exact) mass is 463 g/mol. The number of rotatable bonds is 6. The van der Waals surface area contributed by atoms with Crippen LogP contribution >= 0.6 is 0 Å². The minimum Gasteiger partial charge on any atom is -0.458 e. The van der Waals surface area contributed by atoms with Crippen LogP contribution in [-0.4, -0.2) is 60.6 Å². The summed E-state index contributed by atoms with van der Waals surface area (Å²) >= 11 is 0. The van der Waals surface area contributed by atoms with E-state index in [1.807, 2.05) is 0 Å². The molecular formula is C21H37NO8S. The third-order valence-corrected chi connectivity index (χ3v) is 3.81. The van der Waals surface area contributed by atoms with Crippen molar-refractivity contribution < 1.29 is 37.0 Å². The minimum atomic E-state index is -3.37. The summed E-state index contributed by atoms with van der Waals surface area (Å²) in [5, 5.41) is 0.991. The molecule has 1 atom stereocenters. The first-order valence-corrected chi connectivity index (χ1v) is 11.9. The van der Waals surface area contributed by atoms with Crippen LogP contribution in [0.25, 0.3) is 0 Å². The van der Waals surface area contributed by atoms with Gasteiger partial charge in [0.05, 0.1) is 0 Å². The molecule has 31 heavy (non-hydrogen) atoms. The molecule has 0 bridgehead atoms. The summed E-state index contributed by atoms with van der Waals surface area (Å²) in [6.07, 6.45) is 0.241. The molecule has 0 heterocycles. The Balaban J connectivity index is 6.12. The summed E-state index contributed by atoms with van der Waals surface area (Å²) in [5.41, 5.74) is -2.76. The molecule has 0 unspecified atom stereocenters. The van der Waals surface area contributed by atoms with E-state index in [9.17, 15) is 22.8 Å². The van der Waals surface area contributed by atoms with Crippen LogP contribution < -0.4 is 0 Å². The zero-order valence-electron chi connectivity index (χ0n) is 20.3. The maximum Gasteiger partial charge on any atom is 0.420 e. The molecule has 0 aromatic rings. The molecule has 0 aliphatic rings. The van der Waals surface area contributed by atoms with E-state index in [-0.39, 0.29) is 12.8 Å². The normalized spacial score (nSPS) is 14.1. The molecular weight excluding hydrogens is 426 g/mol. The highest BCUT2D eigenvalue weighted by Crippen LogP contribution is 2.22. The van der Waals surface area contributed by atoms with E-state index >= 15 is 0 Å². The fraction of sp³-hybridized carbons (Fsp3) is 0.762. The van der Waals surface area contributed by atoms with Gasteiger partial charge in [-0.25, -0.2) is 22.8 Å². The van der Waals surface area contributed by atoms with Crippen molar-refractivity contribution in [3.63, 3.8) is 0 Å². The second-order valence-electron chi connectivity index (χ2n) is 10.2. The van der Waals surface area contributed by atoms with Gasteiger partial charge in [-0.1, -0.05) is 6.08 Å². The van der Waals surface area contributed by atoms with Gasteiger partial charge in [0, 0.05) is 11.7 Å². The summed E-state index contributed by atoms with van der Waals surface area (Å²) in [6.45, 7) is 14.7. The van der Waals surface area contributed by atoms with Gasteiger partial charge in [-0.05, 0) is 75.2 Å². The fourth-order valence-corrected chi connectivity index (χ4v) is 2.66. The fourth-order valence-electron chi connectivity index (χ4n) is 2.17. The maximum absolute atomic E-state index is 12.9. The molecule has 0 saturated carbocycles. The van der Waals surface area contributed by atoms with Crippen LogP contribution in [0.2, 0.25) is 0 Å². The molecule has 0 aromatic heterocycles. The van der Waals surface area contributed by atoms with Gasteiger partial charge in [-0.3, -0.25) is 0 Å². The van der Waals surface area contributed by atoms with Gasteiger partial charge in [-0.15, -0.1) is 0 Å². The minimum absolute atomic E-state index is 0.0824. The summed E-state index contributed by atoms with van der Waals surface area (Å²) < 4.78 is 38.7. The van der Waals surface area contributed by atoms with Crippen molar-refractivity contribution in [3.05, 3.63) is 11.5 Å². The van der Waals surface area contributed by atoms with Gasteiger partial charge in [0.15, 0.2) is 9.84 Å². The van der Waals surface area contributed by atoms with Crippen molar-refractivity contribution in [2.45, 2.75) is 98.0 Å². The van der Waals surface area contributed by atoms with Gasteiger partial charge in [0.25, 0.3) is 0 Å². The van der Waals surface area contributed by atoms with Crippen LogP contribution in [0.5, 0.6) is 0 Å². The number of esters is 1. The second kappa shape index (κ2) is 10.5. The van der Waals surface area contributed by atoms with E-state index < -0.39 is 50.8 Å². The summed E-state index contributed by atoms with van der Waals surface area (Å²) in [7, 11) is -3.37. The highest BCUT2D eigenvalue weighted by Gasteiger charge is 2.41. The lowest BCUT2D eigenvalue weighted by atomic mass is 10.1. The Hall–Kier alpha value is -2.10. The van der Waals surface area contributed by atoms with Crippen LogP contribution in [0.15, 0.2) is 11.5 Å². The Bertz CT molecular complexity index is 752. The molecule has 2 amide bonds. The average Bonchev–Trinajstić information content (AvgIpc) is 2.43. The summed E-state index contributed by atoms with van der Waals surface area (Å²) in [5.74, 6) is -0.836. The van der Waals surface area contributed by atoms with Crippen LogP contribution in [-0.2, 0) is 28.8 Å². The zero-order chi connectivity index (χ0) is 24.8. The van der Waals surface area contributed by atoms with E-state index in [0.29, 0.717) is 4.90 Å². The smallest absolute Gasteiger partial charge is 0.420 e. The first kappa shape index (κ1) is 28.9. The quantitative estimate of drug-likeness (QED) is 0.425. The number of allylic oxidation sites excluding steroid dienone is 1. The summed E-state index contributed by atoms with van der Waals surface area (Å²) in [4.78, 5) is 39.2. The molecule has 0 spiro atoms. The topological polar surface area (TPSA) is 116 Å². The average molecular weight is 464 g/mol. The van der Waals surface area contributed by atoms with E-state index in [2.05, 4.69) is 0 Å². The lowest BCUT2D eigenvalue weighted by Crippen LogP contribution is -2.53. The predicted octanol–water partition coefficient (Wildman–Crippen LogP) is 4.21. The standard InChI is InChI=1S/C21H37NO8S/c1-19(2,3)28-16(23)15(13-11-12-14-31(10,26)27)22(17(24)29-20(4,5)6)18(25)30-21(7,8)9/h12,14-15H,11,13H2,1-10H3/t15-/m0/s1. The van der Waals surface area contributed by atoms with E-state index in [0.717, 1.165) is 11.7 Å². The number of hydrogen-bond donors (Lipinski definition) is 0. The number of hydrogen-bond acceptors (Lipinski definition) is 8. The third kappa shape index (κ3) is 13.7. The number of imide groups is 1. The van der Waals surface area contributed by atoms with Crippen LogP contribution in [0.3, 0.4) is 0 Å². The van der Waals surface area contributed by atoms with Crippen LogP contribution in [0, 0.1) is 0 Å². The van der Waals surface area contributed by atoms with Gasteiger partial charge in [0.1, 0.15) is 22.8 Å². The van der Waals surface area contributed by atoms with Crippen LogP contribution in [0.4, 0.5) is 9.59 Å². The van der Waals surface area contributed by atoms with E-state index in [1.54, 1.807) is 62.3 Å². The van der Waals surface area contributed by atoms with Crippen molar-refractivity contribution in [1.29, 1.82) is 0 Å². The Kier molecular flexibility index (Phi) is 9.77. The third-order valence-electron chi connectivity index (χ3n) is 3.12. The van der Waals surface area contributed by atoms with Gasteiger partial charge < -0.3 is 14.2 Å². The van der Waals surface area contributed by atoms with Gasteiger partial charge in [0.2, 0.25) is 0 Å². The van der Waals surface area contributed by atoms with Gasteiger partial charge in [-0.2, -0.15) is 4.90 Å². The lowest BCUT2D eigenvalue weighted by molar-refractivity contribution is -0.161.